The first-order valence-corrected chi connectivity index (χ1v) is 5.77. The summed E-state index contributed by atoms with van der Waals surface area (Å²) >= 11 is 0. The maximum absolute atomic E-state index is 11.4. The minimum atomic E-state index is -0.869. The second kappa shape index (κ2) is 6.05. The molecule has 108 valence electrons. The summed E-state index contributed by atoms with van der Waals surface area (Å²) in [5.74, 6) is -2.10. The summed E-state index contributed by atoms with van der Waals surface area (Å²) in [5, 5.41) is 4.91. The Kier molecular flexibility index (Phi) is 4.68. The molecular formula is C13H16N2O5. The number of esters is 2. The fraction of sp³-hybridized carbons (Fsp3) is 0.308. The first-order valence-electron chi connectivity index (χ1n) is 5.77. The molecule has 1 rings (SSSR count). The standard InChI is InChI=1S/C13H16N2O5/c1-8-14-7-9(12(18)15-8)19-10(16)5-6-11(17)20-13(2,3)4/h5-7,14H,1H2,2-4H3,(H,15,18)/b6-5+. The van der Waals surface area contributed by atoms with Crippen LogP contribution in [0.3, 0.4) is 0 Å². The van der Waals surface area contributed by atoms with Crippen molar-refractivity contribution in [2.75, 3.05) is 0 Å². The van der Waals surface area contributed by atoms with Gasteiger partial charge in [-0.25, -0.2) is 9.59 Å². The third-order valence-corrected chi connectivity index (χ3v) is 1.84. The average molecular weight is 280 g/mol. The molecule has 0 aromatic heterocycles. The van der Waals surface area contributed by atoms with E-state index in [9.17, 15) is 14.4 Å². The highest BCUT2D eigenvalue weighted by Crippen LogP contribution is 2.07. The Hall–Kier alpha value is -2.57. The van der Waals surface area contributed by atoms with Gasteiger partial charge in [-0.1, -0.05) is 6.58 Å². The molecule has 7 heteroatoms. The molecule has 0 aromatic carbocycles. The fourth-order valence-electron chi connectivity index (χ4n) is 1.14. The predicted octanol–water partition coefficient (Wildman–Crippen LogP) is 0.459. The number of ether oxygens (including phenoxy) is 2. The van der Waals surface area contributed by atoms with Crippen molar-refractivity contribution in [3.05, 3.63) is 36.5 Å². The Balaban J connectivity index is 2.54. The summed E-state index contributed by atoms with van der Waals surface area (Å²) in [6.45, 7) is 8.57. The second-order valence-corrected chi connectivity index (χ2v) is 4.87. The Morgan fingerprint density at radius 1 is 1.25 bits per heavy atom. The van der Waals surface area contributed by atoms with Gasteiger partial charge in [0.2, 0.25) is 5.76 Å². The van der Waals surface area contributed by atoms with Crippen molar-refractivity contribution in [2.24, 2.45) is 0 Å². The monoisotopic (exact) mass is 280 g/mol. The van der Waals surface area contributed by atoms with Gasteiger partial charge in [0, 0.05) is 12.2 Å². The lowest BCUT2D eigenvalue weighted by Crippen LogP contribution is -2.36. The van der Waals surface area contributed by atoms with Gasteiger partial charge in [0.05, 0.1) is 6.20 Å². The quantitative estimate of drug-likeness (QED) is 0.576. The number of hydrogen-bond donors (Lipinski definition) is 2. The molecule has 7 nitrogen and oxygen atoms in total. The zero-order valence-electron chi connectivity index (χ0n) is 11.5. The van der Waals surface area contributed by atoms with Gasteiger partial charge in [0.1, 0.15) is 11.4 Å². The summed E-state index contributed by atoms with van der Waals surface area (Å²) in [6, 6.07) is 0. The molecule has 0 aliphatic carbocycles. The summed E-state index contributed by atoms with van der Waals surface area (Å²) < 4.78 is 9.71. The lowest BCUT2D eigenvalue weighted by atomic mass is 10.2. The van der Waals surface area contributed by atoms with E-state index in [1.807, 2.05) is 0 Å². The molecule has 2 N–H and O–H groups in total. The van der Waals surface area contributed by atoms with Gasteiger partial charge in [0.15, 0.2) is 0 Å². The molecule has 1 amide bonds. The molecule has 0 fully saturated rings. The molecule has 0 aromatic rings. The largest absolute Gasteiger partial charge is 0.457 e. The average Bonchev–Trinajstić information content (AvgIpc) is 2.28. The van der Waals surface area contributed by atoms with E-state index in [4.69, 9.17) is 9.47 Å². The van der Waals surface area contributed by atoms with Gasteiger partial charge in [-0.3, -0.25) is 4.79 Å². The van der Waals surface area contributed by atoms with E-state index in [-0.39, 0.29) is 11.6 Å². The summed E-state index contributed by atoms with van der Waals surface area (Å²) in [7, 11) is 0. The van der Waals surface area contributed by atoms with Crippen molar-refractivity contribution in [1.82, 2.24) is 10.6 Å². The molecule has 0 unspecified atom stereocenters. The first kappa shape index (κ1) is 15.5. The van der Waals surface area contributed by atoms with Gasteiger partial charge in [-0.2, -0.15) is 0 Å². The SMILES string of the molecule is C=C1NC=C(OC(=O)/C=C/C(=O)OC(C)(C)C)C(=O)N1. The lowest BCUT2D eigenvalue weighted by molar-refractivity contribution is -0.149. The molecule has 20 heavy (non-hydrogen) atoms. The van der Waals surface area contributed by atoms with Crippen molar-refractivity contribution >= 4 is 17.8 Å². The van der Waals surface area contributed by atoms with E-state index in [1.165, 1.54) is 6.20 Å². The van der Waals surface area contributed by atoms with Crippen LogP contribution in [-0.2, 0) is 23.9 Å². The van der Waals surface area contributed by atoms with E-state index in [0.717, 1.165) is 12.2 Å². The fourth-order valence-corrected chi connectivity index (χ4v) is 1.14. The molecule has 0 spiro atoms. The smallest absolute Gasteiger partial charge is 0.336 e. The molecular weight excluding hydrogens is 264 g/mol. The predicted molar refractivity (Wildman–Crippen MR) is 69.6 cm³/mol. The number of amides is 1. The Morgan fingerprint density at radius 3 is 2.40 bits per heavy atom. The molecule has 0 saturated carbocycles. The molecule has 0 bridgehead atoms. The van der Waals surface area contributed by atoms with Crippen LogP contribution < -0.4 is 10.6 Å². The van der Waals surface area contributed by atoms with Crippen molar-refractivity contribution in [3.63, 3.8) is 0 Å². The van der Waals surface area contributed by atoms with E-state index in [2.05, 4.69) is 17.2 Å². The van der Waals surface area contributed by atoms with E-state index < -0.39 is 23.4 Å². The number of hydrogen-bond acceptors (Lipinski definition) is 6. The molecule has 0 atom stereocenters. The molecule has 0 radical (unpaired) electrons. The first-order chi connectivity index (χ1) is 9.17. The number of nitrogens with one attached hydrogen (secondary N) is 2. The second-order valence-electron chi connectivity index (χ2n) is 4.87. The van der Waals surface area contributed by atoms with Crippen LogP contribution in [0.25, 0.3) is 0 Å². The highest BCUT2D eigenvalue weighted by molar-refractivity contribution is 5.98. The van der Waals surface area contributed by atoms with E-state index in [1.54, 1.807) is 20.8 Å². The van der Waals surface area contributed by atoms with Crippen LogP contribution in [-0.4, -0.2) is 23.4 Å². The Morgan fingerprint density at radius 2 is 1.85 bits per heavy atom. The Labute approximate surface area is 116 Å². The van der Waals surface area contributed by atoms with Crippen LogP contribution in [0.2, 0.25) is 0 Å². The summed E-state index contributed by atoms with van der Waals surface area (Å²) in [6.07, 6.45) is 3.01. The Bertz CT molecular complexity index is 511. The molecule has 0 saturated heterocycles. The third kappa shape index (κ3) is 5.38. The summed E-state index contributed by atoms with van der Waals surface area (Å²) in [4.78, 5) is 34.1. The maximum atomic E-state index is 11.4. The number of carbonyl (C=O) groups excluding carboxylic acids is 3. The van der Waals surface area contributed by atoms with Gasteiger partial charge in [0.25, 0.3) is 5.91 Å². The van der Waals surface area contributed by atoms with Crippen LogP contribution in [0, 0.1) is 0 Å². The number of rotatable bonds is 3. The van der Waals surface area contributed by atoms with Crippen LogP contribution in [0.15, 0.2) is 36.5 Å². The molecule has 1 aliphatic rings. The minimum Gasteiger partial charge on any atom is -0.457 e. The van der Waals surface area contributed by atoms with Crippen molar-refractivity contribution in [1.29, 1.82) is 0 Å². The summed E-state index contributed by atoms with van der Waals surface area (Å²) in [5.41, 5.74) is -0.651. The third-order valence-electron chi connectivity index (χ3n) is 1.84. The minimum absolute atomic E-state index is 0.226. The zero-order chi connectivity index (χ0) is 15.3. The van der Waals surface area contributed by atoms with Crippen LogP contribution in [0.4, 0.5) is 0 Å². The number of carbonyl (C=O) groups is 3. The highest BCUT2D eigenvalue weighted by atomic mass is 16.6. The van der Waals surface area contributed by atoms with Crippen LogP contribution in [0.5, 0.6) is 0 Å². The van der Waals surface area contributed by atoms with Gasteiger partial charge in [-0.15, -0.1) is 0 Å². The topological polar surface area (TPSA) is 93.7 Å². The normalized spacial score (nSPS) is 15.2. The highest BCUT2D eigenvalue weighted by Gasteiger charge is 2.19. The van der Waals surface area contributed by atoms with E-state index in [0.29, 0.717) is 0 Å². The zero-order valence-corrected chi connectivity index (χ0v) is 11.5. The maximum Gasteiger partial charge on any atom is 0.336 e. The molecule has 1 heterocycles. The van der Waals surface area contributed by atoms with Crippen LogP contribution in [0.1, 0.15) is 20.8 Å². The van der Waals surface area contributed by atoms with Crippen molar-refractivity contribution in [2.45, 2.75) is 26.4 Å². The van der Waals surface area contributed by atoms with Gasteiger partial charge >= 0.3 is 11.9 Å². The van der Waals surface area contributed by atoms with E-state index >= 15 is 0 Å². The van der Waals surface area contributed by atoms with Crippen molar-refractivity contribution < 1.29 is 23.9 Å². The van der Waals surface area contributed by atoms with Crippen LogP contribution >= 0.6 is 0 Å². The van der Waals surface area contributed by atoms with Gasteiger partial charge < -0.3 is 20.1 Å². The van der Waals surface area contributed by atoms with Crippen molar-refractivity contribution in [3.8, 4) is 0 Å². The lowest BCUT2D eigenvalue weighted by Gasteiger charge is -2.18. The molecule has 1 aliphatic heterocycles. The van der Waals surface area contributed by atoms with Gasteiger partial charge in [-0.05, 0) is 20.8 Å².